The Labute approximate surface area is 152 Å². The van der Waals surface area contributed by atoms with E-state index in [9.17, 15) is 0 Å². The summed E-state index contributed by atoms with van der Waals surface area (Å²) in [5.74, 6) is 1.31. The van der Waals surface area contributed by atoms with Crippen LogP contribution in [0.1, 0.15) is 13.8 Å². The van der Waals surface area contributed by atoms with Gasteiger partial charge in [-0.1, -0.05) is 19.9 Å². The van der Waals surface area contributed by atoms with E-state index in [1.807, 2.05) is 12.1 Å². The molecule has 2 aliphatic heterocycles. The van der Waals surface area contributed by atoms with Gasteiger partial charge in [-0.15, -0.1) is 11.3 Å². The first kappa shape index (κ1) is 16.9. The van der Waals surface area contributed by atoms with Gasteiger partial charge >= 0.3 is 0 Å². The molecule has 6 nitrogen and oxygen atoms in total. The maximum atomic E-state index is 6.04. The van der Waals surface area contributed by atoms with Crippen LogP contribution in [0.5, 0.6) is 0 Å². The number of hydrogen-bond donors (Lipinski definition) is 2. The van der Waals surface area contributed by atoms with Crippen molar-refractivity contribution >= 4 is 17.3 Å². The number of ether oxygens (including phenoxy) is 2. The molecule has 0 aromatic carbocycles. The molecule has 0 amide bonds. The lowest BCUT2D eigenvalue weighted by atomic mass is 10.1. The quantitative estimate of drug-likeness (QED) is 0.813. The van der Waals surface area contributed by atoms with E-state index in [0.29, 0.717) is 24.5 Å². The molecule has 3 N–H and O–H groups in total. The van der Waals surface area contributed by atoms with Crippen LogP contribution in [0.4, 0.5) is 5.95 Å². The highest BCUT2D eigenvalue weighted by Gasteiger charge is 2.49. The predicted molar refractivity (Wildman–Crippen MR) is 97.7 cm³/mol. The first-order chi connectivity index (χ1) is 12.2. The van der Waals surface area contributed by atoms with Crippen LogP contribution in [0.3, 0.4) is 0 Å². The zero-order chi connectivity index (χ0) is 17.2. The fraction of sp³-hybridized carbons (Fsp3) is 0.556. The lowest BCUT2D eigenvalue weighted by Gasteiger charge is -2.17. The zero-order valence-corrected chi connectivity index (χ0v) is 15.4. The molecule has 2 aromatic heterocycles. The number of anilines is 1. The Morgan fingerprint density at radius 1 is 1.28 bits per heavy atom. The summed E-state index contributed by atoms with van der Waals surface area (Å²) >= 11 is 1.68. The number of nitrogens with zero attached hydrogens (tertiary/aromatic N) is 2. The van der Waals surface area contributed by atoms with Gasteiger partial charge in [0.25, 0.3) is 0 Å². The predicted octanol–water partition coefficient (Wildman–Crippen LogP) is 1.37. The molecule has 2 fully saturated rings. The van der Waals surface area contributed by atoms with Gasteiger partial charge in [-0.25, -0.2) is 9.97 Å². The van der Waals surface area contributed by atoms with E-state index in [0.717, 1.165) is 23.7 Å². The summed E-state index contributed by atoms with van der Waals surface area (Å²) in [7, 11) is 0. The fourth-order valence-electron chi connectivity index (χ4n) is 3.46. The lowest BCUT2D eigenvalue weighted by molar-refractivity contribution is -0.697. The largest absolute Gasteiger partial charge is 0.367 e. The summed E-state index contributed by atoms with van der Waals surface area (Å²) < 4.78 is 12.1. The summed E-state index contributed by atoms with van der Waals surface area (Å²) in [5, 5.41) is 7.84. The minimum Gasteiger partial charge on any atom is -0.367 e. The molecule has 0 unspecified atom stereocenters. The van der Waals surface area contributed by atoms with Crippen LogP contribution in [-0.2, 0) is 9.47 Å². The van der Waals surface area contributed by atoms with Gasteiger partial charge in [0.15, 0.2) is 0 Å². The third kappa shape index (κ3) is 3.69. The molecular formula is C18H25N4O2S+. The first-order valence-corrected chi connectivity index (χ1v) is 9.78. The summed E-state index contributed by atoms with van der Waals surface area (Å²) in [6, 6.07) is 6.53. The van der Waals surface area contributed by atoms with Crippen LogP contribution >= 0.6 is 11.3 Å². The second-order valence-electron chi connectivity index (χ2n) is 7.12. The Morgan fingerprint density at radius 2 is 2.16 bits per heavy atom. The van der Waals surface area contributed by atoms with Gasteiger partial charge in [0.2, 0.25) is 5.95 Å². The van der Waals surface area contributed by atoms with Crippen molar-refractivity contribution in [2.45, 2.75) is 38.1 Å². The molecule has 2 aliphatic rings. The van der Waals surface area contributed by atoms with Crippen molar-refractivity contribution in [3.8, 4) is 10.6 Å². The Kier molecular flexibility index (Phi) is 4.98. The molecule has 134 valence electrons. The Hall–Kier alpha value is -1.54. The highest BCUT2D eigenvalue weighted by Crippen LogP contribution is 2.28. The normalized spacial score (nSPS) is 28.4. The Bertz CT molecular complexity index is 694. The van der Waals surface area contributed by atoms with Crippen molar-refractivity contribution in [3.63, 3.8) is 0 Å². The number of thiophene rings is 1. The topological polar surface area (TPSA) is 72.9 Å². The zero-order valence-electron chi connectivity index (χ0n) is 14.6. The number of quaternary nitrogens is 1. The molecule has 4 heterocycles. The average molecular weight is 361 g/mol. The van der Waals surface area contributed by atoms with Crippen molar-refractivity contribution in [2.24, 2.45) is 5.92 Å². The number of aromatic nitrogens is 2. The van der Waals surface area contributed by atoms with Crippen LogP contribution in [0, 0.1) is 5.92 Å². The van der Waals surface area contributed by atoms with E-state index < -0.39 is 0 Å². The van der Waals surface area contributed by atoms with Crippen molar-refractivity contribution < 1.29 is 14.8 Å². The number of fused-ring (bicyclic) bond motifs is 1. The van der Waals surface area contributed by atoms with E-state index in [1.54, 1.807) is 17.5 Å². The maximum absolute atomic E-state index is 6.04. The first-order valence-electron chi connectivity index (χ1n) is 8.90. The molecule has 2 saturated heterocycles. The monoisotopic (exact) mass is 361 g/mol. The maximum Gasteiger partial charge on any atom is 0.223 e. The minimum absolute atomic E-state index is 0.0717. The molecule has 25 heavy (non-hydrogen) atoms. The van der Waals surface area contributed by atoms with Gasteiger partial charge < -0.3 is 20.1 Å². The molecule has 0 spiro atoms. The van der Waals surface area contributed by atoms with Crippen LogP contribution in [0.25, 0.3) is 10.6 Å². The molecule has 4 rings (SSSR count). The number of nitrogens with two attached hydrogens (primary N) is 1. The van der Waals surface area contributed by atoms with Gasteiger partial charge in [-0.05, 0) is 17.5 Å². The van der Waals surface area contributed by atoms with Gasteiger partial charge in [0.1, 0.15) is 24.9 Å². The molecule has 7 heteroatoms. The van der Waals surface area contributed by atoms with E-state index >= 15 is 0 Å². The van der Waals surface area contributed by atoms with E-state index in [2.05, 4.69) is 45.9 Å². The molecular weight excluding hydrogens is 336 g/mol. The smallest absolute Gasteiger partial charge is 0.223 e. The summed E-state index contributed by atoms with van der Waals surface area (Å²) in [6.07, 6.45) is 2.02. The second kappa shape index (κ2) is 7.37. The molecule has 4 atom stereocenters. The second-order valence-corrected chi connectivity index (χ2v) is 8.07. The van der Waals surface area contributed by atoms with Gasteiger partial charge in [0.05, 0.1) is 29.8 Å². The lowest BCUT2D eigenvalue weighted by Crippen LogP contribution is -2.93. The summed E-state index contributed by atoms with van der Waals surface area (Å²) in [4.78, 5) is 10.2. The van der Waals surface area contributed by atoms with Crippen LogP contribution < -0.4 is 10.6 Å². The van der Waals surface area contributed by atoms with Crippen molar-refractivity contribution in [2.75, 3.05) is 25.1 Å². The summed E-state index contributed by atoms with van der Waals surface area (Å²) in [6.45, 7) is 6.96. The standard InChI is InChI=1S/C18H24N4O2S/c1-11(2)8-20-13-9-23-17-14(10-24-16(13)17)22-18-19-6-5-12(21-18)15-4-3-7-25-15/h3-7,11,13-14,16-17,20H,8-10H2,1-2H3,(H,19,21,22)/p+1/t13-,14-,16+,17+/m0/s1. The highest BCUT2D eigenvalue weighted by atomic mass is 32.1. The Morgan fingerprint density at radius 3 is 2.96 bits per heavy atom. The van der Waals surface area contributed by atoms with Crippen LogP contribution in [0.2, 0.25) is 0 Å². The van der Waals surface area contributed by atoms with Crippen LogP contribution in [0.15, 0.2) is 29.8 Å². The van der Waals surface area contributed by atoms with Crippen molar-refractivity contribution in [1.29, 1.82) is 0 Å². The number of hydrogen-bond acceptors (Lipinski definition) is 6. The highest BCUT2D eigenvalue weighted by molar-refractivity contribution is 7.13. The SMILES string of the molecule is CC(C)C[NH2+][C@H]1CO[C@H]2[C@@H]1OC[C@@H]2Nc1nccc(-c2cccs2)n1. The Balaban J connectivity index is 1.40. The molecule has 0 bridgehead atoms. The summed E-state index contributed by atoms with van der Waals surface area (Å²) in [5.41, 5.74) is 0.943. The van der Waals surface area contributed by atoms with Gasteiger partial charge in [-0.3, -0.25) is 0 Å². The number of nitrogens with one attached hydrogen (secondary N) is 1. The van der Waals surface area contributed by atoms with E-state index in [1.165, 1.54) is 0 Å². The van der Waals surface area contributed by atoms with Crippen molar-refractivity contribution in [1.82, 2.24) is 9.97 Å². The fourth-order valence-corrected chi connectivity index (χ4v) is 4.15. The van der Waals surface area contributed by atoms with Gasteiger partial charge in [0, 0.05) is 12.1 Å². The molecule has 0 saturated carbocycles. The molecule has 0 aliphatic carbocycles. The minimum atomic E-state index is 0.0717. The number of rotatable bonds is 6. The van der Waals surface area contributed by atoms with Crippen LogP contribution in [-0.4, -0.2) is 54.0 Å². The van der Waals surface area contributed by atoms with Crippen molar-refractivity contribution in [3.05, 3.63) is 29.8 Å². The molecule has 2 aromatic rings. The van der Waals surface area contributed by atoms with Gasteiger partial charge in [-0.2, -0.15) is 0 Å². The molecule has 0 radical (unpaired) electrons. The third-order valence-electron chi connectivity index (χ3n) is 4.75. The van der Waals surface area contributed by atoms with E-state index in [4.69, 9.17) is 9.47 Å². The van der Waals surface area contributed by atoms with E-state index in [-0.39, 0.29) is 18.2 Å². The third-order valence-corrected chi connectivity index (χ3v) is 5.64. The average Bonchev–Trinajstić information content (AvgIpc) is 3.33.